The minimum atomic E-state index is -0.466. The molecule has 0 spiro atoms. The van der Waals surface area contributed by atoms with Crippen LogP contribution in [0.4, 0.5) is 0 Å². The van der Waals surface area contributed by atoms with Gasteiger partial charge in [0.15, 0.2) is 0 Å². The van der Waals surface area contributed by atoms with Crippen molar-refractivity contribution in [2.45, 2.75) is 13.0 Å². The van der Waals surface area contributed by atoms with Gasteiger partial charge in [-0.25, -0.2) is 4.79 Å². The van der Waals surface area contributed by atoms with Crippen LogP contribution in [0, 0.1) is 6.42 Å². The highest BCUT2D eigenvalue weighted by Crippen LogP contribution is 2.37. The van der Waals surface area contributed by atoms with Crippen LogP contribution in [0.1, 0.15) is 6.92 Å². The molecule has 14 heavy (non-hydrogen) atoms. The van der Waals surface area contributed by atoms with Crippen LogP contribution < -0.4 is 0 Å². The number of hydrogen-bond donors (Lipinski definition) is 0. The van der Waals surface area contributed by atoms with Crippen molar-refractivity contribution in [1.82, 2.24) is 4.90 Å². The summed E-state index contributed by atoms with van der Waals surface area (Å²) in [4.78, 5) is 24.2. The van der Waals surface area contributed by atoms with E-state index < -0.39 is 5.97 Å². The van der Waals surface area contributed by atoms with Crippen molar-refractivity contribution < 1.29 is 14.3 Å². The van der Waals surface area contributed by atoms with E-state index in [4.69, 9.17) is 0 Å². The molecule has 0 saturated carbocycles. The van der Waals surface area contributed by atoms with Crippen molar-refractivity contribution in [3.63, 3.8) is 0 Å². The van der Waals surface area contributed by atoms with Gasteiger partial charge in [-0.2, -0.15) is 0 Å². The summed E-state index contributed by atoms with van der Waals surface area (Å²) >= 11 is 0. The lowest BCUT2D eigenvalue weighted by molar-refractivity contribution is -0.143. The molecule has 1 saturated heterocycles. The van der Waals surface area contributed by atoms with Crippen molar-refractivity contribution in [3.8, 4) is 0 Å². The van der Waals surface area contributed by atoms with Crippen molar-refractivity contribution >= 4 is 11.9 Å². The molecular weight excluding hydrogens is 182 g/mol. The maximum Gasteiger partial charge on any atom is 0.354 e. The molecule has 1 radical (unpaired) electrons. The zero-order valence-electron chi connectivity index (χ0n) is 7.98. The molecule has 0 aromatic rings. The van der Waals surface area contributed by atoms with Crippen molar-refractivity contribution in [2.24, 2.45) is 0 Å². The highest BCUT2D eigenvalue weighted by molar-refractivity contribution is 6.09. The number of ether oxygens (including phenoxy) is 1. The van der Waals surface area contributed by atoms with Gasteiger partial charge < -0.3 is 4.74 Å². The zero-order valence-corrected chi connectivity index (χ0v) is 7.98. The lowest BCUT2D eigenvalue weighted by Crippen LogP contribution is -2.52. The molecule has 0 aromatic carbocycles. The van der Waals surface area contributed by atoms with Crippen molar-refractivity contribution in [1.29, 1.82) is 0 Å². The van der Waals surface area contributed by atoms with Crippen LogP contribution in [-0.2, 0) is 14.3 Å². The Labute approximate surface area is 81.8 Å². The van der Waals surface area contributed by atoms with E-state index in [2.05, 4.69) is 4.74 Å². The fourth-order valence-corrected chi connectivity index (χ4v) is 1.74. The molecule has 2 heterocycles. The first kappa shape index (κ1) is 8.99. The first-order valence-electron chi connectivity index (χ1n) is 4.34. The van der Waals surface area contributed by atoms with Crippen LogP contribution in [0.25, 0.3) is 0 Å². The van der Waals surface area contributed by atoms with Crippen LogP contribution in [0.2, 0.25) is 0 Å². The Morgan fingerprint density at radius 1 is 1.64 bits per heavy atom. The predicted molar refractivity (Wildman–Crippen MR) is 48.8 cm³/mol. The lowest BCUT2D eigenvalue weighted by Gasteiger charge is -2.38. The SMILES string of the molecule is C/C=C1/C(=O)N2C(C(=O)OC)=C[CH][C@H]12. The summed E-state index contributed by atoms with van der Waals surface area (Å²) in [6.45, 7) is 1.81. The van der Waals surface area contributed by atoms with E-state index in [-0.39, 0.29) is 11.9 Å². The summed E-state index contributed by atoms with van der Waals surface area (Å²) in [6, 6.07) is -0.0541. The third-order valence-electron chi connectivity index (χ3n) is 2.46. The zero-order chi connectivity index (χ0) is 10.3. The maximum atomic E-state index is 11.5. The summed E-state index contributed by atoms with van der Waals surface area (Å²) < 4.78 is 4.56. The molecule has 1 atom stereocenters. The van der Waals surface area contributed by atoms with E-state index in [0.29, 0.717) is 5.70 Å². The predicted octanol–water partition coefficient (Wildman–Crippen LogP) is 0.418. The van der Waals surface area contributed by atoms with E-state index in [1.165, 1.54) is 12.0 Å². The first-order valence-corrected chi connectivity index (χ1v) is 4.34. The number of allylic oxidation sites excluding steroid dienone is 1. The fourth-order valence-electron chi connectivity index (χ4n) is 1.74. The van der Waals surface area contributed by atoms with Crippen LogP contribution in [0.3, 0.4) is 0 Å². The Bertz CT molecular complexity index is 368. The molecule has 0 aromatic heterocycles. The monoisotopic (exact) mass is 192 g/mol. The molecule has 2 aliphatic rings. The largest absolute Gasteiger partial charge is 0.464 e. The summed E-state index contributed by atoms with van der Waals surface area (Å²) in [6.07, 6.45) is 5.22. The highest BCUT2D eigenvalue weighted by Gasteiger charge is 2.48. The van der Waals surface area contributed by atoms with E-state index >= 15 is 0 Å². The summed E-state index contributed by atoms with van der Waals surface area (Å²) in [7, 11) is 1.30. The number of nitrogens with zero attached hydrogens (tertiary/aromatic N) is 1. The Morgan fingerprint density at radius 2 is 2.36 bits per heavy atom. The average Bonchev–Trinajstić information content (AvgIpc) is 2.57. The molecule has 2 aliphatic heterocycles. The van der Waals surface area contributed by atoms with Gasteiger partial charge in [-0.3, -0.25) is 9.69 Å². The van der Waals surface area contributed by atoms with E-state index in [0.717, 1.165) is 5.57 Å². The number of esters is 1. The molecule has 73 valence electrons. The summed E-state index contributed by atoms with van der Waals surface area (Å²) in [5, 5.41) is 0. The van der Waals surface area contributed by atoms with Gasteiger partial charge >= 0.3 is 5.97 Å². The number of amides is 1. The van der Waals surface area contributed by atoms with Crippen LogP contribution in [-0.4, -0.2) is 29.9 Å². The van der Waals surface area contributed by atoms with Crippen molar-refractivity contribution in [2.75, 3.05) is 7.11 Å². The summed E-state index contributed by atoms with van der Waals surface area (Å²) in [5.74, 6) is -0.574. The molecule has 2 rings (SSSR count). The van der Waals surface area contributed by atoms with Gasteiger partial charge in [-0.15, -0.1) is 0 Å². The Kier molecular flexibility index (Phi) is 1.91. The van der Waals surface area contributed by atoms with E-state index in [1.54, 1.807) is 12.2 Å². The Morgan fingerprint density at radius 3 is 2.93 bits per heavy atom. The van der Waals surface area contributed by atoms with Gasteiger partial charge in [-0.05, 0) is 13.0 Å². The van der Waals surface area contributed by atoms with Crippen LogP contribution in [0.5, 0.6) is 0 Å². The van der Waals surface area contributed by atoms with Gasteiger partial charge in [0.05, 0.1) is 13.2 Å². The molecule has 0 unspecified atom stereocenters. The minimum Gasteiger partial charge on any atom is -0.464 e. The molecule has 0 N–H and O–H groups in total. The quantitative estimate of drug-likeness (QED) is 0.343. The number of carbonyl (C=O) groups is 2. The molecule has 1 amide bonds. The topological polar surface area (TPSA) is 46.6 Å². The number of fused-ring (bicyclic) bond motifs is 1. The molecule has 0 bridgehead atoms. The van der Waals surface area contributed by atoms with Gasteiger partial charge in [0, 0.05) is 12.0 Å². The molecule has 1 fully saturated rings. The smallest absolute Gasteiger partial charge is 0.354 e. The average molecular weight is 192 g/mol. The van der Waals surface area contributed by atoms with Crippen molar-refractivity contribution in [3.05, 3.63) is 29.8 Å². The second-order valence-electron chi connectivity index (χ2n) is 3.10. The van der Waals surface area contributed by atoms with E-state index in [9.17, 15) is 9.59 Å². The standard InChI is InChI=1S/C10H10NO3/c1-3-6-7-4-5-8(10(13)14-2)11(7)9(6)12/h3-5,7H,1-2H3/b6-3+/t7-/m1/s1. The van der Waals surface area contributed by atoms with Crippen LogP contribution in [0.15, 0.2) is 23.4 Å². The third kappa shape index (κ3) is 0.937. The normalized spacial score (nSPS) is 27.1. The third-order valence-corrected chi connectivity index (χ3v) is 2.46. The molecule has 4 heteroatoms. The molecule has 0 aliphatic carbocycles. The van der Waals surface area contributed by atoms with Gasteiger partial charge in [0.1, 0.15) is 5.70 Å². The number of methoxy groups -OCH3 is 1. The fraction of sp³-hybridized carbons (Fsp3) is 0.300. The van der Waals surface area contributed by atoms with E-state index in [1.807, 2.05) is 13.3 Å². The second-order valence-corrected chi connectivity index (χ2v) is 3.10. The van der Waals surface area contributed by atoms with Gasteiger partial charge in [0.2, 0.25) is 0 Å². The number of hydrogen-bond acceptors (Lipinski definition) is 3. The minimum absolute atomic E-state index is 0.0541. The maximum absolute atomic E-state index is 11.5. The van der Waals surface area contributed by atoms with Crippen LogP contribution >= 0.6 is 0 Å². The number of carbonyl (C=O) groups excluding carboxylic acids is 2. The van der Waals surface area contributed by atoms with Gasteiger partial charge in [0.25, 0.3) is 5.91 Å². The first-order chi connectivity index (χ1) is 6.70. The Balaban J connectivity index is 2.22. The second kappa shape index (κ2) is 2.97. The number of β-lactam (4-membered cyclic amide) rings is 1. The van der Waals surface area contributed by atoms with Gasteiger partial charge in [-0.1, -0.05) is 6.08 Å². The highest BCUT2D eigenvalue weighted by atomic mass is 16.5. The summed E-state index contributed by atoms with van der Waals surface area (Å²) in [5.41, 5.74) is 1.06. The molecular formula is C10H10NO3. The lowest BCUT2D eigenvalue weighted by atomic mass is 9.95. The number of rotatable bonds is 1. The Hall–Kier alpha value is -1.58. The molecule has 4 nitrogen and oxygen atoms in total.